The Balaban J connectivity index is 1.72. The summed E-state index contributed by atoms with van der Waals surface area (Å²) in [7, 11) is 0. The Morgan fingerprint density at radius 1 is 1.12 bits per heavy atom. The molecule has 0 aromatic carbocycles. The van der Waals surface area contributed by atoms with Gasteiger partial charge in [0.05, 0.1) is 24.3 Å². The van der Waals surface area contributed by atoms with Gasteiger partial charge in [-0.3, -0.25) is 9.59 Å². The molecule has 2 aromatic heterocycles. The third-order valence-corrected chi connectivity index (χ3v) is 5.94. The van der Waals surface area contributed by atoms with Crippen LogP contribution in [0.4, 0.5) is 4.79 Å². The number of ether oxygens (including phenoxy) is 2. The van der Waals surface area contributed by atoms with Crippen LogP contribution in [0.25, 0.3) is 0 Å². The lowest BCUT2D eigenvalue weighted by Gasteiger charge is -2.27. The average Bonchev–Trinajstić information content (AvgIpc) is 3.34. The van der Waals surface area contributed by atoms with Crippen molar-refractivity contribution < 1.29 is 33.1 Å². The quantitative estimate of drug-likeness (QED) is 0.420. The number of Topliss-reactive ketones (excluding diaryl/α,β-unsaturated/α-hetero) is 1. The zero-order chi connectivity index (χ0) is 24.1. The van der Waals surface area contributed by atoms with Gasteiger partial charge in [0.25, 0.3) is 0 Å². The Bertz CT molecular complexity index is 1110. The second-order valence-electron chi connectivity index (χ2n) is 7.50. The Hall–Kier alpha value is -3.40. The van der Waals surface area contributed by atoms with E-state index in [1.165, 1.54) is 11.3 Å². The van der Waals surface area contributed by atoms with E-state index in [0.29, 0.717) is 17.1 Å². The van der Waals surface area contributed by atoms with Gasteiger partial charge in [-0.2, -0.15) is 0 Å². The molecule has 3 heterocycles. The summed E-state index contributed by atoms with van der Waals surface area (Å²) in [5, 5.41) is 5.14. The van der Waals surface area contributed by atoms with E-state index in [1.54, 1.807) is 26.0 Å². The number of ketones is 1. The highest BCUT2D eigenvalue weighted by Gasteiger charge is 2.36. The first kappa shape index (κ1) is 24.2. The van der Waals surface area contributed by atoms with Gasteiger partial charge in [0, 0.05) is 21.7 Å². The van der Waals surface area contributed by atoms with Crippen LogP contribution in [0.2, 0.25) is 0 Å². The molecule has 1 aliphatic heterocycles. The van der Waals surface area contributed by atoms with E-state index in [2.05, 4.69) is 10.6 Å². The number of hydrogen-bond acceptors (Lipinski definition) is 8. The number of aryl methyl sites for hydroxylation is 3. The monoisotopic (exact) mass is 474 g/mol. The van der Waals surface area contributed by atoms with E-state index in [0.717, 1.165) is 9.75 Å². The molecule has 0 saturated heterocycles. The van der Waals surface area contributed by atoms with Crippen LogP contribution < -0.4 is 10.6 Å². The van der Waals surface area contributed by atoms with E-state index in [9.17, 15) is 19.2 Å². The van der Waals surface area contributed by atoms with Crippen molar-refractivity contribution in [3.05, 3.63) is 56.3 Å². The van der Waals surface area contributed by atoms with Gasteiger partial charge in [-0.15, -0.1) is 11.3 Å². The fourth-order valence-electron chi connectivity index (χ4n) is 3.49. The molecular weight excluding hydrogens is 448 g/mol. The lowest BCUT2D eigenvalue weighted by atomic mass is 10.0. The molecule has 10 heteroatoms. The summed E-state index contributed by atoms with van der Waals surface area (Å²) in [6.07, 6.45) is -0.121. The van der Waals surface area contributed by atoms with Gasteiger partial charge in [-0.25, -0.2) is 9.59 Å². The van der Waals surface area contributed by atoms with Gasteiger partial charge < -0.3 is 24.5 Å². The number of rotatable bonds is 9. The number of nitrogens with one attached hydrogen (secondary N) is 2. The third kappa shape index (κ3) is 5.89. The molecule has 2 N–H and O–H groups in total. The van der Waals surface area contributed by atoms with E-state index in [-0.39, 0.29) is 43.1 Å². The summed E-state index contributed by atoms with van der Waals surface area (Å²) in [6, 6.07) is 3.69. The number of urea groups is 1. The summed E-state index contributed by atoms with van der Waals surface area (Å²) in [5.74, 6) is -0.477. The maximum atomic E-state index is 12.7. The lowest BCUT2D eigenvalue weighted by molar-refractivity contribution is -0.143. The van der Waals surface area contributed by atoms with Crippen LogP contribution in [0.5, 0.6) is 0 Å². The Kier molecular flexibility index (Phi) is 7.70. The highest BCUT2D eigenvalue weighted by molar-refractivity contribution is 7.12. The molecule has 0 bridgehead atoms. The van der Waals surface area contributed by atoms with Gasteiger partial charge in [0.2, 0.25) is 0 Å². The van der Waals surface area contributed by atoms with Gasteiger partial charge >= 0.3 is 18.0 Å². The fourth-order valence-corrected chi connectivity index (χ4v) is 4.43. The molecule has 33 heavy (non-hydrogen) atoms. The van der Waals surface area contributed by atoms with Crippen LogP contribution in [0.3, 0.4) is 0 Å². The fraction of sp³-hybridized carbons (Fsp3) is 0.391. The normalized spacial score (nSPS) is 15.6. The average molecular weight is 475 g/mol. The van der Waals surface area contributed by atoms with Crippen LogP contribution in [0.1, 0.15) is 57.4 Å². The predicted octanol–water partition coefficient (Wildman–Crippen LogP) is 3.64. The number of carbonyl (C=O) groups is 4. The van der Waals surface area contributed by atoms with Crippen molar-refractivity contribution in [3.8, 4) is 0 Å². The number of esters is 2. The number of carbonyl (C=O) groups excluding carboxylic acids is 4. The largest absolute Gasteiger partial charge is 0.464 e. The zero-order valence-corrected chi connectivity index (χ0v) is 19.7. The standard InChI is InChI=1S/C23H26N2O7S/c1-5-30-22(28)20-16(24-23(29)25-21(20)18-8-6-12(2)32-18)11-31-19(27)9-7-17(26)15-10-13(3)33-14(15)4/h6,8,10,21H,5,7,9,11H2,1-4H3,(H2,24,25,29). The van der Waals surface area contributed by atoms with Crippen LogP contribution in [0.15, 0.2) is 33.9 Å². The number of thiophene rings is 1. The molecule has 0 saturated carbocycles. The lowest BCUT2D eigenvalue weighted by Crippen LogP contribution is -2.47. The van der Waals surface area contributed by atoms with Crippen LogP contribution >= 0.6 is 11.3 Å². The highest BCUT2D eigenvalue weighted by Crippen LogP contribution is 2.29. The minimum atomic E-state index is -0.897. The molecule has 0 fully saturated rings. The van der Waals surface area contributed by atoms with Gasteiger partial charge in [-0.1, -0.05) is 0 Å². The molecule has 0 aliphatic carbocycles. The van der Waals surface area contributed by atoms with Crippen molar-refractivity contribution in [2.45, 2.75) is 46.6 Å². The van der Waals surface area contributed by atoms with Crippen molar-refractivity contribution in [1.29, 1.82) is 0 Å². The summed E-state index contributed by atoms with van der Waals surface area (Å²) < 4.78 is 16.0. The molecule has 2 aromatic rings. The molecule has 1 aliphatic rings. The highest BCUT2D eigenvalue weighted by atomic mass is 32.1. The second-order valence-corrected chi connectivity index (χ2v) is 8.96. The first-order valence-corrected chi connectivity index (χ1v) is 11.3. The Labute approximate surface area is 195 Å². The van der Waals surface area contributed by atoms with Crippen molar-refractivity contribution in [2.75, 3.05) is 13.2 Å². The van der Waals surface area contributed by atoms with Crippen molar-refractivity contribution in [3.63, 3.8) is 0 Å². The number of amides is 2. The van der Waals surface area contributed by atoms with Crippen LogP contribution in [-0.2, 0) is 19.1 Å². The second kappa shape index (κ2) is 10.5. The van der Waals surface area contributed by atoms with E-state index in [4.69, 9.17) is 13.9 Å². The minimum absolute atomic E-state index is 0.00183. The molecule has 1 unspecified atom stereocenters. The third-order valence-electron chi connectivity index (χ3n) is 4.97. The Morgan fingerprint density at radius 3 is 2.48 bits per heavy atom. The minimum Gasteiger partial charge on any atom is -0.464 e. The number of furan rings is 1. The summed E-state index contributed by atoms with van der Waals surface area (Å²) in [6.45, 7) is 6.94. The zero-order valence-electron chi connectivity index (χ0n) is 18.9. The molecular formula is C23H26N2O7S. The summed E-state index contributed by atoms with van der Waals surface area (Å²) in [5.41, 5.74) is 0.791. The van der Waals surface area contributed by atoms with Crippen molar-refractivity contribution >= 4 is 35.1 Å². The first-order chi connectivity index (χ1) is 15.7. The summed E-state index contributed by atoms with van der Waals surface area (Å²) in [4.78, 5) is 51.5. The van der Waals surface area contributed by atoms with Gasteiger partial charge in [0.15, 0.2) is 5.78 Å². The SMILES string of the molecule is CCOC(=O)C1=C(COC(=O)CCC(=O)c2cc(C)sc2C)NC(=O)NC1c1ccc(C)o1. The molecule has 1 atom stereocenters. The topological polar surface area (TPSA) is 124 Å². The molecule has 2 amide bonds. The molecule has 9 nitrogen and oxygen atoms in total. The molecule has 0 spiro atoms. The van der Waals surface area contributed by atoms with E-state index in [1.807, 2.05) is 19.9 Å². The molecule has 176 valence electrons. The smallest absolute Gasteiger partial charge is 0.338 e. The van der Waals surface area contributed by atoms with Crippen LogP contribution in [0, 0.1) is 20.8 Å². The number of hydrogen-bond donors (Lipinski definition) is 2. The van der Waals surface area contributed by atoms with Crippen molar-refractivity contribution in [2.24, 2.45) is 0 Å². The predicted molar refractivity (Wildman–Crippen MR) is 120 cm³/mol. The van der Waals surface area contributed by atoms with Crippen molar-refractivity contribution in [1.82, 2.24) is 10.6 Å². The maximum Gasteiger partial charge on any atom is 0.338 e. The maximum absolute atomic E-state index is 12.7. The summed E-state index contributed by atoms with van der Waals surface area (Å²) >= 11 is 1.53. The van der Waals surface area contributed by atoms with Crippen LogP contribution in [-0.4, -0.2) is 37.0 Å². The van der Waals surface area contributed by atoms with E-state index < -0.39 is 24.0 Å². The molecule has 0 radical (unpaired) electrons. The Morgan fingerprint density at radius 2 is 1.88 bits per heavy atom. The first-order valence-electron chi connectivity index (χ1n) is 10.5. The molecule has 3 rings (SSSR count). The van der Waals surface area contributed by atoms with E-state index >= 15 is 0 Å². The van der Waals surface area contributed by atoms with Gasteiger partial charge in [-0.05, 0) is 45.9 Å². The van der Waals surface area contributed by atoms with Gasteiger partial charge in [0.1, 0.15) is 24.2 Å².